The monoisotopic (exact) mass is 318 g/mol. The van der Waals surface area contributed by atoms with E-state index in [1.807, 2.05) is 42.5 Å². The number of para-hydroxylation sites is 1. The minimum Gasteiger partial charge on any atom is -0.347 e. The lowest BCUT2D eigenvalue weighted by molar-refractivity contribution is 0.102. The van der Waals surface area contributed by atoms with Gasteiger partial charge in [-0.3, -0.25) is 9.89 Å². The van der Waals surface area contributed by atoms with Gasteiger partial charge in [-0.2, -0.15) is 5.10 Å². The first-order valence-electron chi connectivity index (χ1n) is 8.09. The van der Waals surface area contributed by atoms with Crippen LogP contribution in [0.3, 0.4) is 0 Å². The van der Waals surface area contributed by atoms with Crippen LogP contribution in [0.25, 0.3) is 21.8 Å². The van der Waals surface area contributed by atoms with Crippen LogP contribution >= 0.6 is 0 Å². The number of carbonyl (C=O) groups is 1. The molecule has 2 aromatic heterocycles. The van der Waals surface area contributed by atoms with Gasteiger partial charge in [-0.15, -0.1) is 0 Å². The molecule has 0 aliphatic carbocycles. The number of anilines is 1. The molecule has 0 radical (unpaired) electrons. The summed E-state index contributed by atoms with van der Waals surface area (Å²) in [5, 5.41) is 11.9. The Balaban J connectivity index is 1.62. The highest BCUT2D eigenvalue weighted by Gasteiger charge is 2.14. The van der Waals surface area contributed by atoms with Crippen molar-refractivity contribution in [3.8, 4) is 0 Å². The topological polar surface area (TPSA) is 62.7 Å². The predicted octanol–water partition coefficient (Wildman–Crippen LogP) is 4.18. The number of H-pyrrole nitrogens is 1. The van der Waals surface area contributed by atoms with Crippen LogP contribution in [0.2, 0.25) is 0 Å². The van der Waals surface area contributed by atoms with E-state index in [0.717, 1.165) is 34.9 Å². The van der Waals surface area contributed by atoms with Gasteiger partial charge < -0.3 is 9.88 Å². The molecule has 0 unspecified atom stereocenters. The third-order valence-electron chi connectivity index (χ3n) is 4.18. The number of aromatic amines is 1. The standard InChI is InChI=1S/C19H18N4O/c1-2-10-23-11-9-13-12-14(7-8-17(13)23)20-19(24)18-15-5-3-4-6-16(15)21-22-18/h3-9,11-12H,2,10H2,1H3,(H,20,24)(H,21,22). The average Bonchev–Trinajstić information content (AvgIpc) is 3.19. The largest absolute Gasteiger partial charge is 0.347 e. The minimum atomic E-state index is -0.209. The Bertz CT molecular complexity index is 1030. The van der Waals surface area contributed by atoms with E-state index in [-0.39, 0.29) is 5.91 Å². The van der Waals surface area contributed by atoms with Gasteiger partial charge in [0, 0.05) is 34.7 Å². The smallest absolute Gasteiger partial charge is 0.276 e. The summed E-state index contributed by atoms with van der Waals surface area (Å²) in [4.78, 5) is 12.5. The van der Waals surface area contributed by atoms with E-state index in [9.17, 15) is 4.79 Å². The van der Waals surface area contributed by atoms with Crippen LogP contribution in [0.1, 0.15) is 23.8 Å². The molecular formula is C19H18N4O. The number of benzene rings is 2. The van der Waals surface area contributed by atoms with Crippen molar-refractivity contribution in [1.82, 2.24) is 14.8 Å². The molecule has 24 heavy (non-hydrogen) atoms. The molecule has 5 nitrogen and oxygen atoms in total. The molecule has 4 aromatic rings. The van der Waals surface area contributed by atoms with E-state index in [1.165, 1.54) is 5.52 Å². The molecule has 2 aromatic carbocycles. The minimum absolute atomic E-state index is 0.209. The molecule has 0 atom stereocenters. The molecule has 2 N–H and O–H groups in total. The van der Waals surface area contributed by atoms with Gasteiger partial charge in [-0.05, 0) is 36.8 Å². The zero-order valence-corrected chi connectivity index (χ0v) is 13.4. The highest BCUT2D eigenvalue weighted by Crippen LogP contribution is 2.22. The summed E-state index contributed by atoms with van der Waals surface area (Å²) < 4.78 is 2.22. The molecule has 0 aliphatic heterocycles. The fraction of sp³-hybridized carbons (Fsp3) is 0.158. The number of rotatable bonds is 4. The second-order valence-corrected chi connectivity index (χ2v) is 5.85. The van der Waals surface area contributed by atoms with E-state index < -0.39 is 0 Å². The Labute approximate surface area is 139 Å². The van der Waals surface area contributed by atoms with Crippen molar-refractivity contribution in [3.05, 3.63) is 60.4 Å². The molecule has 0 spiro atoms. The number of nitrogens with zero attached hydrogens (tertiary/aromatic N) is 2. The number of nitrogens with one attached hydrogen (secondary N) is 2. The number of fused-ring (bicyclic) bond motifs is 2. The van der Waals surface area contributed by atoms with Gasteiger partial charge in [-0.1, -0.05) is 25.1 Å². The van der Waals surface area contributed by atoms with E-state index in [1.54, 1.807) is 0 Å². The molecule has 0 fully saturated rings. The normalized spacial score (nSPS) is 11.2. The Morgan fingerprint density at radius 3 is 2.96 bits per heavy atom. The molecule has 2 heterocycles. The highest BCUT2D eigenvalue weighted by molar-refractivity contribution is 6.11. The van der Waals surface area contributed by atoms with E-state index in [0.29, 0.717) is 5.69 Å². The third-order valence-corrected chi connectivity index (χ3v) is 4.18. The summed E-state index contributed by atoms with van der Waals surface area (Å²) in [6, 6.07) is 15.7. The fourth-order valence-corrected chi connectivity index (χ4v) is 3.04. The van der Waals surface area contributed by atoms with Gasteiger partial charge in [0.1, 0.15) is 0 Å². The number of aryl methyl sites for hydroxylation is 1. The van der Waals surface area contributed by atoms with Crippen molar-refractivity contribution < 1.29 is 4.79 Å². The van der Waals surface area contributed by atoms with Gasteiger partial charge in [0.25, 0.3) is 5.91 Å². The molecule has 120 valence electrons. The molecule has 0 aliphatic rings. The van der Waals surface area contributed by atoms with Crippen LogP contribution in [0, 0.1) is 0 Å². The van der Waals surface area contributed by atoms with Gasteiger partial charge in [0.2, 0.25) is 0 Å². The maximum atomic E-state index is 12.5. The zero-order chi connectivity index (χ0) is 16.5. The summed E-state index contributed by atoms with van der Waals surface area (Å²) in [6.45, 7) is 3.16. The molecule has 5 heteroatoms. The Morgan fingerprint density at radius 1 is 1.21 bits per heavy atom. The predicted molar refractivity (Wildman–Crippen MR) is 96.3 cm³/mol. The summed E-state index contributed by atoms with van der Waals surface area (Å²) in [5.74, 6) is -0.209. The van der Waals surface area contributed by atoms with Crippen LogP contribution in [0.4, 0.5) is 5.69 Å². The van der Waals surface area contributed by atoms with Crippen molar-refractivity contribution in [2.45, 2.75) is 19.9 Å². The first kappa shape index (κ1) is 14.5. The third kappa shape index (κ3) is 2.44. The molecule has 1 amide bonds. The summed E-state index contributed by atoms with van der Waals surface area (Å²) in [6.07, 6.45) is 3.18. The Kier molecular flexibility index (Phi) is 3.54. The number of aromatic nitrogens is 3. The summed E-state index contributed by atoms with van der Waals surface area (Å²) in [5.41, 5.74) is 3.22. The van der Waals surface area contributed by atoms with Crippen molar-refractivity contribution in [2.75, 3.05) is 5.32 Å². The van der Waals surface area contributed by atoms with Gasteiger partial charge in [0.15, 0.2) is 5.69 Å². The first-order chi connectivity index (χ1) is 11.8. The average molecular weight is 318 g/mol. The van der Waals surface area contributed by atoms with Gasteiger partial charge >= 0.3 is 0 Å². The van der Waals surface area contributed by atoms with Crippen molar-refractivity contribution in [1.29, 1.82) is 0 Å². The van der Waals surface area contributed by atoms with Crippen LogP contribution in [-0.2, 0) is 6.54 Å². The van der Waals surface area contributed by atoms with Crippen molar-refractivity contribution >= 4 is 33.4 Å². The number of amides is 1. The lowest BCUT2D eigenvalue weighted by Crippen LogP contribution is -2.12. The lowest BCUT2D eigenvalue weighted by Gasteiger charge is -2.06. The number of hydrogen-bond donors (Lipinski definition) is 2. The van der Waals surface area contributed by atoms with Gasteiger partial charge in [-0.25, -0.2) is 0 Å². The first-order valence-corrected chi connectivity index (χ1v) is 8.09. The molecule has 0 bridgehead atoms. The van der Waals surface area contributed by atoms with E-state index >= 15 is 0 Å². The fourth-order valence-electron chi connectivity index (χ4n) is 3.04. The van der Waals surface area contributed by atoms with Gasteiger partial charge in [0.05, 0.1) is 5.52 Å². The SMILES string of the molecule is CCCn1ccc2cc(NC(=O)c3n[nH]c4ccccc34)ccc21. The van der Waals surface area contributed by atoms with Crippen LogP contribution in [-0.4, -0.2) is 20.7 Å². The Hall–Kier alpha value is -3.08. The molecule has 4 rings (SSSR count). The van der Waals surface area contributed by atoms with Crippen molar-refractivity contribution in [3.63, 3.8) is 0 Å². The molecule has 0 saturated carbocycles. The second-order valence-electron chi connectivity index (χ2n) is 5.85. The van der Waals surface area contributed by atoms with E-state index in [2.05, 4.69) is 39.3 Å². The maximum absolute atomic E-state index is 12.5. The summed E-state index contributed by atoms with van der Waals surface area (Å²) in [7, 11) is 0. The zero-order valence-electron chi connectivity index (χ0n) is 13.4. The summed E-state index contributed by atoms with van der Waals surface area (Å²) >= 11 is 0. The quantitative estimate of drug-likeness (QED) is 0.593. The lowest BCUT2D eigenvalue weighted by atomic mass is 10.2. The molecule has 0 saturated heterocycles. The number of hydrogen-bond acceptors (Lipinski definition) is 2. The number of carbonyl (C=O) groups excluding carboxylic acids is 1. The molecular weight excluding hydrogens is 300 g/mol. The van der Waals surface area contributed by atoms with Crippen LogP contribution in [0.15, 0.2) is 54.7 Å². The van der Waals surface area contributed by atoms with Crippen molar-refractivity contribution in [2.24, 2.45) is 0 Å². The Morgan fingerprint density at radius 2 is 2.08 bits per heavy atom. The van der Waals surface area contributed by atoms with Crippen LogP contribution in [0.5, 0.6) is 0 Å². The van der Waals surface area contributed by atoms with Crippen LogP contribution < -0.4 is 5.32 Å². The highest BCUT2D eigenvalue weighted by atomic mass is 16.1. The van der Waals surface area contributed by atoms with E-state index in [4.69, 9.17) is 0 Å². The maximum Gasteiger partial charge on any atom is 0.276 e. The second kappa shape index (κ2) is 5.85.